The van der Waals surface area contributed by atoms with Crippen molar-refractivity contribution in [3.63, 3.8) is 0 Å². The lowest BCUT2D eigenvalue weighted by molar-refractivity contribution is -0.140. The number of carbonyl (C=O) groups excluding carboxylic acids is 2. The van der Waals surface area contributed by atoms with Gasteiger partial charge in [-0.2, -0.15) is 0 Å². The Labute approximate surface area is 121 Å². The van der Waals surface area contributed by atoms with E-state index in [0.29, 0.717) is 25.9 Å². The number of carbonyl (C=O) groups is 2. The Morgan fingerprint density at radius 2 is 1.65 bits per heavy atom. The zero-order chi connectivity index (χ0) is 15.8. The van der Waals surface area contributed by atoms with Gasteiger partial charge in [0.05, 0.1) is 7.11 Å². The smallest absolute Gasteiger partial charge is 0.409 e. The number of amides is 1. The predicted molar refractivity (Wildman–Crippen MR) is 75.3 cm³/mol. The number of methoxy groups -OCH3 is 1. The summed E-state index contributed by atoms with van der Waals surface area (Å²) in [4.78, 5) is 22.5. The number of hydrogen-bond donors (Lipinski definition) is 1. The fourth-order valence-electron chi connectivity index (χ4n) is 1.39. The Morgan fingerprint density at radius 1 is 1.05 bits per heavy atom. The van der Waals surface area contributed by atoms with Crippen molar-refractivity contribution in [3.05, 3.63) is 0 Å². The van der Waals surface area contributed by atoms with Crippen LogP contribution in [0.2, 0.25) is 0 Å². The van der Waals surface area contributed by atoms with Crippen LogP contribution in [0.1, 0.15) is 53.9 Å². The maximum Gasteiger partial charge on any atom is 0.409 e. The molecule has 0 aliphatic rings. The van der Waals surface area contributed by atoms with Crippen LogP contribution in [-0.2, 0) is 19.0 Å². The maximum absolute atomic E-state index is 11.6. The fourth-order valence-corrected chi connectivity index (χ4v) is 1.39. The fraction of sp³-hybridized carbons (Fsp3) is 0.857. The van der Waals surface area contributed by atoms with E-state index in [-0.39, 0.29) is 5.97 Å². The molecule has 6 heteroatoms. The second kappa shape index (κ2) is 8.09. The van der Waals surface area contributed by atoms with E-state index in [1.54, 1.807) is 34.6 Å². The standard InChI is InChI=1S/C14H27NO5/c1-13(2,3)20-12(17)15-14(4,5)19-10-8-7-9-11(16)18-6/h7-10H2,1-6H3,(H,15,17). The predicted octanol–water partition coefficient (Wildman–Crippen LogP) is 2.61. The quantitative estimate of drug-likeness (QED) is 0.443. The average Bonchev–Trinajstić information content (AvgIpc) is 2.24. The minimum absolute atomic E-state index is 0.226. The number of esters is 1. The van der Waals surface area contributed by atoms with Crippen LogP contribution < -0.4 is 5.32 Å². The van der Waals surface area contributed by atoms with Gasteiger partial charge in [0.2, 0.25) is 0 Å². The van der Waals surface area contributed by atoms with Gasteiger partial charge in [-0.05, 0) is 47.5 Å². The summed E-state index contributed by atoms with van der Waals surface area (Å²) in [5.41, 5.74) is -1.35. The average molecular weight is 289 g/mol. The Hall–Kier alpha value is -1.30. The molecule has 0 rings (SSSR count). The number of ether oxygens (including phenoxy) is 3. The van der Waals surface area contributed by atoms with Crippen molar-refractivity contribution in [3.8, 4) is 0 Å². The highest BCUT2D eigenvalue weighted by atomic mass is 16.6. The molecule has 0 saturated carbocycles. The molecule has 0 fully saturated rings. The molecule has 6 nitrogen and oxygen atoms in total. The largest absolute Gasteiger partial charge is 0.469 e. The first-order chi connectivity index (χ1) is 9.06. The summed E-state index contributed by atoms with van der Waals surface area (Å²) in [6.07, 6.45) is 1.26. The van der Waals surface area contributed by atoms with E-state index < -0.39 is 17.4 Å². The van der Waals surface area contributed by atoms with Crippen LogP contribution in [0.5, 0.6) is 0 Å². The van der Waals surface area contributed by atoms with Crippen LogP contribution in [-0.4, -0.2) is 37.1 Å². The van der Waals surface area contributed by atoms with E-state index in [1.165, 1.54) is 7.11 Å². The van der Waals surface area contributed by atoms with Crippen LogP contribution in [0, 0.1) is 0 Å². The zero-order valence-corrected chi connectivity index (χ0v) is 13.4. The number of alkyl carbamates (subject to hydrolysis) is 1. The Kier molecular flexibility index (Phi) is 7.57. The van der Waals surface area contributed by atoms with E-state index in [2.05, 4.69) is 10.1 Å². The van der Waals surface area contributed by atoms with Gasteiger partial charge in [0.25, 0.3) is 0 Å². The van der Waals surface area contributed by atoms with Crippen molar-refractivity contribution in [2.24, 2.45) is 0 Å². The van der Waals surface area contributed by atoms with Gasteiger partial charge < -0.3 is 14.2 Å². The van der Waals surface area contributed by atoms with E-state index in [0.717, 1.165) is 0 Å². The van der Waals surface area contributed by atoms with Crippen molar-refractivity contribution in [2.75, 3.05) is 13.7 Å². The van der Waals surface area contributed by atoms with Crippen LogP contribution in [0.3, 0.4) is 0 Å². The first-order valence-electron chi connectivity index (χ1n) is 6.78. The molecule has 0 aliphatic heterocycles. The molecule has 0 bridgehead atoms. The van der Waals surface area contributed by atoms with Gasteiger partial charge in [0.15, 0.2) is 0 Å². The molecule has 0 unspecified atom stereocenters. The summed E-state index contributed by atoms with van der Waals surface area (Å²) < 4.78 is 15.3. The molecule has 0 atom stereocenters. The van der Waals surface area contributed by atoms with E-state index in [1.807, 2.05) is 0 Å². The molecule has 20 heavy (non-hydrogen) atoms. The van der Waals surface area contributed by atoms with Crippen LogP contribution in [0.15, 0.2) is 0 Å². The third kappa shape index (κ3) is 10.6. The molecule has 0 heterocycles. The third-order valence-corrected chi connectivity index (χ3v) is 2.27. The van der Waals surface area contributed by atoms with Crippen molar-refractivity contribution in [2.45, 2.75) is 65.2 Å². The molecular formula is C14H27NO5. The normalized spacial score (nSPS) is 11.9. The van der Waals surface area contributed by atoms with Crippen molar-refractivity contribution < 1.29 is 23.8 Å². The zero-order valence-electron chi connectivity index (χ0n) is 13.4. The van der Waals surface area contributed by atoms with E-state index >= 15 is 0 Å². The minimum atomic E-state index is -0.812. The molecule has 0 aliphatic carbocycles. The number of rotatable bonds is 7. The lowest BCUT2D eigenvalue weighted by Gasteiger charge is -2.28. The highest BCUT2D eigenvalue weighted by Gasteiger charge is 2.24. The van der Waals surface area contributed by atoms with Gasteiger partial charge in [0, 0.05) is 13.0 Å². The Morgan fingerprint density at radius 3 is 2.15 bits per heavy atom. The lowest BCUT2D eigenvalue weighted by Crippen LogP contribution is -2.47. The highest BCUT2D eigenvalue weighted by molar-refractivity contribution is 5.69. The second-order valence-corrected chi connectivity index (χ2v) is 6.02. The number of nitrogens with one attached hydrogen (secondary N) is 1. The molecule has 0 aromatic rings. The van der Waals surface area contributed by atoms with Gasteiger partial charge in [-0.1, -0.05) is 0 Å². The SMILES string of the molecule is COC(=O)CCCCOC(C)(C)NC(=O)OC(C)(C)C. The summed E-state index contributed by atoms with van der Waals surface area (Å²) in [5, 5.41) is 2.65. The minimum Gasteiger partial charge on any atom is -0.469 e. The molecule has 0 spiro atoms. The van der Waals surface area contributed by atoms with Gasteiger partial charge in [0.1, 0.15) is 11.3 Å². The molecule has 0 aromatic heterocycles. The molecule has 1 amide bonds. The maximum atomic E-state index is 11.6. The van der Waals surface area contributed by atoms with Gasteiger partial charge >= 0.3 is 12.1 Å². The molecule has 0 saturated heterocycles. The molecule has 1 N–H and O–H groups in total. The highest BCUT2D eigenvalue weighted by Crippen LogP contribution is 2.11. The van der Waals surface area contributed by atoms with Gasteiger partial charge in [-0.15, -0.1) is 0 Å². The van der Waals surface area contributed by atoms with E-state index in [9.17, 15) is 9.59 Å². The third-order valence-electron chi connectivity index (χ3n) is 2.27. The lowest BCUT2D eigenvalue weighted by atomic mass is 10.2. The Balaban J connectivity index is 3.90. The van der Waals surface area contributed by atoms with Gasteiger partial charge in [-0.3, -0.25) is 10.1 Å². The molecular weight excluding hydrogens is 262 g/mol. The summed E-state index contributed by atoms with van der Waals surface area (Å²) >= 11 is 0. The summed E-state index contributed by atoms with van der Waals surface area (Å²) in [6.45, 7) is 9.34. The van der Waals surface area contributed by atoms with Crippen molar-refractivity contribution in [1.29, 1.82) is 0 Å². The topological polar surface area (TPSA) is 73.9 Å². The first kappa shape index (κ1) is 18.7. The summed E-state index contributed by atoms with van der Waals surface area (Å²) in [5.74, 6) is -0.226. The monoisotopic (exact) mass is 289 g/mol. The van der Waals surface area contributed by atoms with Gasteiger partial charge in [-0.25, -0.2) is 4.79 Å². The van der Waals surface area contributed by atoms with Crippen molar-refractivity contribution >= 4 is 12.1 Å². The van der Waals surface area contributed by atoms with Crippen LogP contribution in [0.25, 0.3) is 0 Å². The second-order valence-electron chi connectivity index (χ2n) is 6.02. The first-order valence-corrected chi connectivity index (χ1v) is 6.78. The summed E-state index contributed by atoms with van der Waals surface area (Å²) in [6, 6.07) is 0. The number of unbranched alkanes of at least 4 members (excludes halogenated alkanes) is 1. The molecule has 118 valence electrons. The van der Waals surface area contributed by atoms with Crippen LogP contribution >= 0.6 is 0 Å². The Bertz CT molecular complexity index is 320. The summed E-state index contributed by atoms with van der Waals surface area (Å²) in [7, 11) is 1.37. The van der Waals surface area contributed by atoms with E-state index in [4.69, 9.17) is 9.47 Å². The van der Waals surface area contributed by atoms with Crippen LogP contribution in [0.4, 0.5) is 4.79 Å². The van der Waals surface area contributed by atoms with Crippen molar-refractivity contribution in [1.82, 2.24) is 5.32 Å². The molecule has 0 radical (unpaired) electrons. The molecule has 0 aromatic carbocycles. The number of hydrogen-bond acceptors (Lipinski definition) is 5.